The van der Waals surface area contributed by atoms with E-state index in [1.54, 1.807) is 6.07 Å². The van der Waals surface area contributed by atoms with Crippen LogP contribution in [-0.2, 0) is 0 Å². The van der Waals surface area contributed by atoms with Gasteiger partial charge in [0.25, 0.3) is 5.56 Å². The first kappa shape index (κ1) is 9.86. The quantitative estimate of drug-likeness (QED) is 0.715. The Hall–Kier alpha value is -2.68. The van der Waals surface area contributed by atoms with Crippen LogP contribution in [0.15, 0.2) is 29.2 Å². The van der Waals surface area contributed by atoms with Gasteiger partial charge in [-0.1, -0.05) is 0 Å². The van der Waals surface area contributed by atoms with Gasteiger partial charge >= 0.3 is 0 Å². The molecule has 0 amide bonds. The Balaban J connectivity index is 2.53. The number of nitrogens with one attached hydrogen (secondary N) is 1. The zero-order valence-corrected chi connectivity index (χ0v) is 8.01. The number of H-pyrrole nitrogens is 1. The topological polar surface area (TPSA) is 103 Å². The highest BCUT2D eigenvalue weighted by molar-refractivity contribution is 5.59. The number of aromatic hydroxyl groups is 1. The highest BCUT2D eigenvalue weighted by atomic mass is 16.3. The second-order valence-electron chi connectivity index (χ2n) is 3.02. The predicted octanol–water partition coefficient (Wildman–Crippen LogP) is 0.409. The summed E-state index contributed by atoms with van der Waals surface area (Å²) in [6, 6.07) is 6.11. The van der Waals surface area contributed by atoms with Gasteiger partial charge in [0.05, 0.1) is 5.69 Å². The third-order valence-electron chi connectivity index (χ3n) is 1.97. The average molecular weight is 214 g/mol. The van der Waals surface area contributed by atoms with E-state index in [1.807, 2.05) is 0 Å². The van der Waals surface area contributed by atoms with Gasteiger partial charge in [-0.05, 0) is 12.1 Å². The summed E-state index contributed by atoms with van der Waals surface area (Å²) in [5, 5.41) is 24.8. The van der Waals surface area contributed by atoms with Crippen LogP contribution in [0.3, 0.4) is 0 Å². The summed E-state index contributed by atoms with van der Waals surface area (Å²) in [5.74, 6) is -0.186. The molecule has 0 spiro atoms. The number of pyridine rings is 1. The molecule has 0 fully saturated rings. The molecule has 6 heteroatoms. The Labute approximate surface area is 89.8 Å². The van der Waals surface area contributed by atoms with Crippen molar-refractivity contribution in [1.29, 1.82) is 5.26 Å². The highest BCUT2D eigenvalue weighted by Gasteiger charge is 2.04. The maximum absolute atomic E-state index is 11.1. The van der Waals surface area contributed by atoms with Gasteiger partial charge in [-0.15, -0.1) is 10.2 Å². The molecule has 0 aliphatic carbocycles. The molecule has 0 aliphatic rings. The van der Waals surface area contributed by atoms with Gasteiger partial charge in [-0.2, -0.15) is 5.26 Å². The molecule has 16 heavy (non-hydrogen) atoms. The molecule has 0 radical (unpaired) electrons. The molecule has 2 heterocycles. The number of rotatable bonds is 1. The number of aromatic amines is 1. The van der Waals surface area contributed by atoms with Gasteiger partial charge in [-0.25, -0.2) is 0 Å². The Morgan fingerprint density at radius 1 is 1.38 bits per heavy atom. The van der Waals surface area contributed by atoms with Gasteiger partial charge in [0.2, 0.25) is 5.88 Å². The summed E-state index contributed by atoms with van der Waals surface area (Å²) in [7, 11) is 0. The van der Waals surface area contributed by atoms with Crippen LogP contribution in [0.5, 0.6) is 5.88 Å². The summed E-state index contributed by atoms with van der Waals surface area (Å²) < 4.78 is 0. The molecule has 2 aromatic heterocycles. The summed E-state index contributed by atoms with van der Waals surface area (Å²) in [6.07, 6.45) is 1.43. The summed E-state index contributed by atoms with van der Waals surface area (Å²) in [4.78, 5) is 13.6. The smallest absolute Gasteiger partial charge is 0.265 e. The number of nitriles is 1. The Kier molecular flexibility index (Phi) is 2.36. The maximum atomic E-state index is 11.1. The fourth-order valence-electron chi connectivity index (χ4n) is 1.19. The van der Waals surface area contributed by atoms with E-state index < -0.39 is 5.56 Å². The summed E-state index contributed by atoms with van der Waals surface area (Å²) in [5.41, 5.74) is 0.583. The lowest BCUT2D eigenvalue weighted by Gasteiger charge is -1.99. The van der Waals surface area contributed by atoms with E-state index in [-0.39, 0.29) is 11.4 Å². The van der Waals surface area contributed by atoms with E-state index in [4.69, 9.17) is 10.4 Å². The third-order valence-corrected chi connectivity index (χ3v) is 1.97. The van der Waals surface area contributed by atoms with Crippen molar-refractivity contribution in [2.24, 2.45) is 0 Å². The van der Waals surface area contributed by atoms with Crippen molar-refractivity contribution in [1.82, 2.24) is 15.2 Å². The standard InChI is InChI=1S/C10H6N4O2/c11-4-6-3-7(5-12-10(6)16)8-1-2-9(15)14-13-8/h1-3,5H,(H,12,16)(H,14,15). The minimum absolute atomic E-state index is 0.00683. The van der Waals surface area contributed by atoms with E-state index in [0.717, 1.165) is 0 Å². The molecular formula is C10H6N4O2. The molecule has 0 aliphatic heterocycles. The fraction of sp³-hybridized carbons (Fsp3) is 0. The molecule has 0 unspecified atom stereocenters. The monoisotopic (exact) mass is 214 g/mol. The van der Waals surface area contributed by atoms with Crippen molar-refractivity contribution in [2.45, 2.75) is 0 Å². The van der Waals surface area contributed by atoms with E-state index in [2.05, 4.69) is 15.2 Å². The van der Waals surface area contributed by atoms with Crippen molar-refractivity contribution in [3.8, 4) is 23.2 Å². The van der Waals surface area contributed by atoms with Gasteiger partial charge in [0.15, 0.2) is 0 Å². The third kappa shape index (κ3) is 1.74. The van der Waals surface area contributed by atoms with E-state index in [9.17, 15) is 4.79 Å². The summed E-state index contributed by atoms with van der Waals surface area (Å²) >= 11 is 0. The number of hydrogen-bond acceptors (Lipinski definition) is 5. The zero-order valence-electron chi connectivity index (χ0n) is 8.01. The molecule has 2 N–H and O–H groups in total. The van der Waals surface area contributed by atoms with Gasteiger partial charge in [-0.3, -0.25) is 4.79 Å². The van der Waals surface area contributed by atoms with E-state index >= 15 is 0 Å². The first-order chi connectivity index (χ1) is 7.70. The minimum atomic E-state index is -0.446. The SMILES string of the molecule is N#Cc1cc(-c2ccc(O)nn2)c[nH]c1=O. The molecular weight excluding hydrogens is 208 g/mol. The van der Waals surface area contributed by atoms with Crippen LogP contribution in [0.2, 0.25) is 0 Å². The van der Waals surface area contributed by atoms with Crippen LogP contribution in [0, 0.1) is 11.3 Å². The lowest BCUT2D eigenvalue weighted by atomic mass is 10.1. The zero-order chi connectivity index (χ0) is 11.5. The normalized spacial score (nSPS) is 9.69. The predicted molar refractivity (Wildman–Crippen MR) is 54.5 cm³/mol. The number of hydrogen-bond donors (Lipinski definition) is 2. The molecule has 0 bridgehead atoms. The number of aromatic nitrogens is 3. The molecule has 0 aromatic carbocycles. The van der Waals surface area contributed by atoms with Crippen molar-refractivity contribution in [2.75, 3.05) is 0 Å². The molecule has 2 rings (SSSR count). The number of nitrogens with zero attached hydrogens (tertiary/aromatic N) is 3. The lowest BCUT2D eigenvalue weighted by molar-refractivity contribution is 0.445. The maximum Gasteiger partial charge on any atom is 0.265 e. The molecule has 6 nitrogen and oxygen atoms in total. The van der Waals surface area contributed by atoms with Gasteiger partial charge in [0.1, 0.15) is 11.6 Å². The minimum Gasteiger partial charge on any atom is -0.492 e. The molecule has 78 valence electrons. The van der Waals surface area contributed by atoms with Crippen LogP contribution in [-0.4, -0.2) is 20.3 Å². The highest BCUT2D eigenvalue weighted by Crippen LogP contribution is 2.15. The Bertz CT molecular complexity index is 610. The fourth-order valence-corrected chi connectivity index (χ4v) is 1.19. The first-order valence-corrected chi connectivity index (χ1v) is 4.36. The van der Waals surface area contributed by atoms with E-state index in [0.29, 0.717) is 11.3 Å². The second-order valence-corrected chi connectivity index (χ2v) is 3.02. The van der Waals surface area contributed by atoms with Crippen LogP contribution >= 0.6 is 0 Å². The van der Waals surface area contributed by atoms with Crippen LogP contribution < -0.4 is 5.56 Å². The average Bonchev–Trinajstić information content (AvgIpc) is 2.31. The first-order valence-electron chi connectivity index (χ1n) is 4.36. The van der Waals surface area contributed by atoms with Gasteiger partial charge in [0, 0.05) is 17.8 Å². The molecule has 0 saturated heterocycles. The summed E-state index contributed by atoms with van der Waals surface area (Å²) in [6.45, 7) is 0. The van der Waals surface area contributed by atoms with Crippen LogP contribution in [0.25, 0.3) is 11.3 Å². The van der Waals surface area contributed by atoms with Gasteiger partial charge < -0.3 is 10.1 Å². The van der Waals surface area contributed by atoms with Crippen molar-refractivity contribution in [3.63, 3.8) is 0 Å². The van der Waals surface area contributed by atoms with Crippen LogP contribution in [0.4, 0.5) is 0 Å². The lowest BCUT2D eigenvalue weighted by Crippen LogP contribution is -2.09. The van der Waals surface area contributed by atoms with Crippen LogP contribution in [0.1, 0.15) is 5.56 Å². The Morgan fingerprint density at radius 3 is 2.81 bits per heavy atom. The van der Waals surface area contributed by atoms with Crippen molar-refractivity contribution < 1.29 is 5.11 Å². The Morgan fingerprint density at radius 2 is 2.19 bits per heavy atom. The van der Waals surface area contributed by atoms with Crippen molar-refractivity contribution >= 4 is 0 Å². The van der Waals surface area contributed by atoms with E-state index in [1.165, 1.54) is 24.4 Å². The second kappa shape index (κ2) is 3.82. The molecule has 0 atom stereocenters. The molecule has 0 saturated carbocycles. The largest absolute Gasteiger partial charge is 0.492 e. The van der Waals surface area contributed by atoms with Crippen molar-refractivity contribution in [3.05, 3.63) is 40.3 Å². The molecule has 2 aromatic rings.